The molecule has 0 radical (unpaired) electrons. The van der Waals surface area contributed by atoms with Crippen molar-refractivity contribution < 1.29 is 9.66 Å². The minimum absolute atomic E-state index is 0.0675. The third kappa shape index (κ3) is 3.81. The van der Waals surface area contributed by atoms with Gasteiger partial charge in [0.2, 0.25) is 11.8 Å². The Kier molecular flexibility index (Phi) is 5.25. The molecule has 8 nitrogen and oxygen atoms in total. The van der Waals surface area contributed by atoms with Gasteiger partial charge < -0.3 is 15.4 Å². The minimum Gasteiger partial charge on any atom is -0.380 e. The summed E-state index contributed by atoms with van der Waals surface area (Å²) < 4.78 is 5.06. The molecule has 0 aliphatic rings. The molecule has 1 rings (SSSR count). The molecule has 8 heteroatoms. The predicted molar refractivity (Wildman–Crippen MR) is 67.8 cm³/mol. The Morgan fingerprint density at radius 2 is 2.28 bits per heavy atom. The number of ether oxygens (including phenoxy) is 1. The van der Waals surface area contributed by atoms with E-state index >= 15 is 0 Å². The average molecular weight is 255 g/mol. The number of nitro groups is 1. The van der Waals surface area contributed by atoms with Crippen molar-refractivity contribution in [2.24, 2.45) is 0 Å². The molecule has 18 heavy (non-hydrogen) atoms. The van der Waals surface area contributed by atoms with Crippen LogP contribution in [0, 0.1) is 10.1 Å². The fourth-order valence-corrected chi connectivity index (χ4v) is 1.21. The zero-order valence-electron chi connectivity index (χ0n) is 10.6. The minimum atomic E-state index is -0.518. The Morgan fingerprint density at radius 1 is 1.56 bits per heavy atom. The van der Waals surface area contributed by atoms with Crippen LogP contribution >= 0.6 is 0 Å². The zero-order valence-corrected chi connectivity index (χ0v) is 10.6. The van der Waals surface area contributed by atoms with Gasteiger partial charge in [0.05, 0.1) is 11.0 Å². The number of nitrogens with one attached hydrogen (secondary N) is 2. The Balaban J connectivity index is 2.89. The van der Waals surface area contributed by atoms with Crippen molar-refractivity contribution >= 4 is 17.5 Å². The fraction of sp³-hybridized carbons (Fsp3) is 0.600. The second-order valence-corrected chi connectivity index (χ2v) is 3.64. The van der Waals surface area contributed by atoms with Crippen LogP contribution in [0.5, 0.6) is 0 Å². The molecule has 0 aliphatic heterocycles. The number of hydrogen-bond donors (Lipinski definition) is 2. The van der Waals surface area contributed by atoms with Crippen LogP contribution in [0.3, 0.4) is 0 Å². The number of hydrogen-bond acceptors (Lipinski definition) is 7. The molecule has 0 aromatic carbocycles. The lowest BCUT2D eigenvalue weighted by molar-refractivity contribution is -0.384. The monoisotopic (exact) mass is 255 g/mol. The van der Waals surface area contributed by atoms with Crippen molar-refractivity contribution in [3.63, 3.8) is 0 Å². The first-order chi connectivity index (χ1) is 8.58. The van der Waals surface area contributed by atoms with E-state index in [1.807, 2.05) is 13.8 Å². The van der Waals surface area contributed by atoms with Crippen LogP contribution in [0.4, 0.5) is 17.5 Å². The Bertz CT molecular complexity index is 412. The first-order valence-electron chi connectivity index (χ1n) is 5.60. The van der Waals surface area contributed by atoms with Gasteiger partial charge in [0.1, 0.15) is 6.20 Å². The fourth-order valence-electron chi connectivity index (χ4n) is 1.21. The molecule has 1 aromatic heterocycles. The summed E-state index contributed by atoms with van der Waals surface area (Å²) in [6, 6.07) is 0. The van der Waals surface area contributed by atoms with Gasteiger partial charge in [-0.15, -0.1) is 0 Å². The molecular formula is C10H17N5O3. The number of rotatable bonds is 7. The summed E-state index contributed by atoms with van der Waals surface area (Å²) in [5.74, 6) is 0.547. The average Bonchev–Trinajstić information content (AvgIpc) is 2.36. The van der Waals surface area contributed by atoms with E-state index < -0.39 is 4.92 Å². The van der Waals surface area contributed by atoms with Gasteiger partial charge in [0, 0.05) is 20.2 Å². The summed E-state index contributed by atoms with van der Waals surface area (Å²) in [6.07, 6.45) is 1.12. The van der Waals surface area contributed by atoms with Gasteiger partial charge in [-0.05, 0) is 13.8 Å². The van der Waals surface area contributed by atoms with Crippen molar-refractivity contribution in [2.45, 2.75) is 20.0 Å². The van der Waals surface area contributed by atoms with Gasteiger partial charge in [-0.1, -0.05) is 0 Å². The van der Waals surface area contributed by atoms with Crippen LogP contribution in [0.15, 0.2) is 6.20 Å². The van der Waals surface area contributed by atoms with E-state index in [1.165, 1.54) is 6.20 Å². The lowest BCUT2D eigenvalue weighted by Gasteiger charge is -2.11. The van der Waals surface area contributed by atoms with Crippen molar-refractivity contribution in [1.82, 2.24) is 9.97 Å². The predicted octanol–water partition coefficient (Wildman–Crippen LogP) is 1.26. The van der Waals surface area contributed by atoms with E-state index in [0.29, 0.717) is 19.0 Å². The van der Waals surface area contributed by atoms with E-state index in [1.54, 1.807) is 7.11 Å². The van der Waals surface area contributed by atoms with Crippen LogP contribution in [-0.4, -0.2) is 41.2 Å². The molecule has 0 fully saturated rings. The summed E-state index contributed by atoms with van der Waals surface area (Å²) in [5.41, 5.74) is -0.153. The Hall–Kier alpha value is -1.96. The molecule has 1 atom stereocenters. The second kappa shape index (κ2) is 6.70. The highest BCUT2D eigenvalue weighted by Crippen LogP contribution is 2.21. The summed E-state index contributed by atoms with van der Waals surface area (Å²) in [6.45, 7) is 4.82. The molecule has 1 heterocycles. The zero-order chi connectivity index (χ0) is 13.5. The van der Waals surface area contributed by atoms with Crippen LogP contribution in [0.1, 0.15) is 13.8 Å². The maximum Gasteiger partial charge on any atom is 0.329 e. The van der Waals surface area contributed by atoms with Crippen molar-refractivity contribution in [3.05, 3.63) is 16.3 Å². The third-order valence-electron chi connectivity index (χ3n) is 2.26. The Labute approximate surface area is 105 Å². The Morgan fingerprint density at radius 3 is 2.83 bits per heavy atom. The number of aromatic nitrogens is 2. The van der Waals surface area contributed by atoms with Crippen molar-refractivity contribution in [3.8, 4) is 0 Å². The van der Waals surface area contributed by atoms with Gasteiger partial charge >= 0.3 is 5.69 Å². The van der Waals surface area contributed by atoms with E-state index in [9.17, 15) is 10.1 Å². The van der Waals surface area contributed by atoms with E-state index in [4.69, 9.17) is 4.74 Å². The highest BCUT2D eigenvalue weighted by molar-refractivity contribution is 5.56. The van der Waals surface area contributed by atoms with Crippen molar-refractivity contribution in [1.29, 1.82) is 0 Å². The summed E-state index contributed by atoms with van der Waals surface area (Å²) in [4.78, 5) is 18.2. The highest BCUT2D eigenvalue weighted by Gasteiger charge is 2.17. The first-order valence-corrected chi connectivity index (χ1v) is 5.60. The maximum atomic E-state index is 10.8. The lowest BCUT2D eigenvalue weighted by Crippen LogP contribution is -2.19. The number of nitrogens with zero attached hydrogens (tertiary/aromatic N) is 3. The molecule has 0 amide bonds. The molecule has 0 saturated heterocycles. The van der Waals surface area contributed by atoms with Gasteiger partial charge in [-0.3, -0.25) is 10.1 Å². The molecule has 0 bridgehead atoms. The standard InChI is InChI=1S/C10H17N5O3/c1-4-11-10-13-6-8(15(16)17)9(14-10)12-5-7(2)18-3/h6-7H,4-5H2,1-3H3,(H2,11,12,13,14). The highest BCUT2D eigenvalue weighted by atomic mass is 16.6. The normalized spacial score (nSPS) is 11.9. The van der Waals surface area contributed by atoms with E-state index in [2.05, 4.69) is 20.6 Å². The number of anilines is 2. The van der Waals surface area contributed by atoms with Crippen LogP contribution in [-0.2, 0) is 4.74 Å². The molecule has 100 valence electrons. The smallest absolute Gasteiger partial charge is 0.329 e. The topological polar surface area (TPSA) is 102 Å². The largest absolute Gasteiger partial charge is 0.380 e. The second-order valence-electron chi connectivity index (χ2n) is 3.64. The van der Waals surface area contributed by atoms with Gasteiger partial charge in [-0.25, -0.2) is 4.98 Å². The van der Waals surface area contributed by atoms with Gasteiger partial charge in [0.25, 0.3) is 0 Å². The molecule has 0 aliphatic carbocycles. The molecule has 1 aromatic rings. The van der Waals surface area contributed by atoms with Crippen LogP contribution in [0.25, 0.3) is 0 Å². The lowest BCUT2D eigenvalue weighted by atomic mass is 10.4. The van der Waals surface area contributed by atoms with E-state index in [-0.39, 0.29) is 17.6 Å². The summed E-state index contributed by atoms with van der Waals surface area (Å²) in [5, 5.41) is 16.6. The SMILES string of the molecule is CCNc1ncc([N+](=O)[O-])c(NCC(C)OC)n1. The van der Waals surface area contributed by atoms with Crippen molar-refractivity contribution in [2.75, 3.05) is 30.8 Å². The van der Waals surface area contributed by atoms with Gasteiger partial charge in [0.15, 0.2) is 0 Å². The molecular weight excluding hydrogens is 238 g/mol. The number of methoxy groups -OCH3 is 1. The first kappa shape index (κ1) is 14.1. The van der Waals surface area contributed by atoms with E-state index in [0.717, 1.165) is 0 Å². The molecule has 0 spiro atoms. The molecule has 1 unspecified atom stereocenters. The quantitative estimate of drug-likeness (QED) is 0.558. The molecule has 0 saturated carbocycles. The summed E-state index contributed by atoms with van der Waals surface area (Å²) >= 11 is 0. The molecule has 2 N–H and O–H groups in total. The van der Waals surface area contributed by atoms with Crippen LogP contribution in [0.2, 0.25) is 0 Å². The summed E-state index contributed by atoms with van der Waals surface area (Å²) in [7, 11) is 1.57. The van der Waals surface area contributed by atoms with Gasteiger partial charge in [-0.2, -0.15) is 4.98 Å². The third-order valence-corrected chi connectivity index (χ3v) is 2.26. The maximum absolute atomic E-state index is 10.8. The van der Waals surface area contributed by atoms with Crippen LogP contribution < -0.4 is 10.6 Å².